The molecule has 96 valence electrons. The highest BCUT2D eigenvalue weighted by Gasteiger charge is 2.34. The van der Waals surface area contributed by atoms with Crippen molar-refractivity contribution in [2.24, 2.45) is 5.73 Å². The van der Waals surface area contributed by atoms with Gasteiger partial charge in [-0.1, -0.05) is 0 Å². The van der Waals surface area contributed by atoms with Crippen LogP contribution in [-0.2, 0) is 16.1 Å². The third kappa shape index (κ3) is 2.47. The maximum atomic E-state index is 13.0. The van der Waals surface area contributed by atoms with Crippen LogP contribution < -0.4 is 5.73 Å². The summed E-state index contributed by atoms with van der Waals surface area (Å²) in [6.45, 7) is -0.0128. The highest BCUT2D eigenvalue weighted by atomic mass is 19.1. The molecular formula is C12H12F2N2O2. The lowest BCUT2D eigenvalue weighted by atomic mass is 10.1. The molecule has 1 aliphatic rings. The van der Waals surface area contributed by atoms with Crippen molar-refractivity contribution in [2.75, 3.05) is 0 Å². The van der Waals surface area contributed by atoms with Crippen molar-refractivity contribution in [3.8, 4) is 0 Å². The first kappa shape index (κ1) is 12.5. The summed E-state index contributed by atoms with van der Waals surface area (Å²) >= 11 is 0. The molecule has 18 heavy (non-hydrogen) atoms. The number of primary amides is 1. The average Bonchev–Trinajstić information content (AvgIpc) is 2.59. The summed E-state index contributed by atoms with van der Waals surface area (Å²) in [6, 6.07) is 2.32. The number of hydrogen-bond acceptors (Lipinski definition) is 2. The first-order chi connectivity index (χ1) is 8.47. The molecule has 6 heteroatoms. The van der Waals surface area contributed by atoms with E-state index in [2.05, 4.69) is 0 Å². The lowest BCUT2D eigenvalue weighted by molar-refractivity contribution is -0.134. The maximum absolute atomic E-state index is 13.0. The van der Waals surface area contributed by atoms with Gasteiger partial charge in [-0.15, -0.1) is 0 Å². The summed E-state index contributed by atoms with van der Waals surface area (Å²) in [5.41, 5.74) is 5.48. The molecule has 0 radical (unpaired) electrons. The summed E-state index contributed by atoms with van der Waals surface area (Å²) in [5.74, 6) is -2.26. The van der Waals surface area contributed by atoms with Gasteiger partial charge in [0.15, 0.2) is 0 Å². The van der Waals surface area contributed by atoms with Crippen molar-refractivity contribution in [1.29, 1.82) is 0 Å². The second-order valence-corrected chi connectivity index (χ2v) is 4.26. The Morgan fingerprint density at radius 1 is 1.33 bits per heavy atom. The van der Waals surface area contributed by atoms with E-state index in [1.807, 2.05) is 0 Å². The molecule has 1 atom stereocenters. The van der Waals surface area contributed by atoms with Gasteiger partial charge in [0.05, 0.1) is 0 Å². The molecule has 0 aromatic heterocycles. The first-order valence-electron chi connectivity index (χ1n) is 5.51. The van der Waals surface area contributed by atoms with Crippen LogP contribution in [0.1, 0.15) is 18.4 Å². The van der Waals surface area contributed by atoms with Gasteiger partial charge in [0.2, 0.25) is 11.8 Å². The fourth-order valence-corrected chi connectivity index (χ4v) is 2.13. The average molecular weight is 254 g/mol. The molecule has 2 rings (SSSR count). The van der Waals surface area contributed by atoms with Gasteiger partial charge in [-0.25, -0.2) is 8.78 Å². The molecule has 1 saturated heterocycles. The Hall–Kier alpha value is -1.98. The topological polar surface area (TPSA) is 63.4 Å². The monoisotopic (exact) mass is 254 g/mol. The van der Waals surface area contributed by atoms with Crippen LogP contribution in [0.15, 0.2) is 18.2 Å². The van der Waals surface area contributed by atoms with Crippen molar-refractivity contribution < 1.29 is 18.4 Å². The molecular weight excluding hydrogens is 242 g/mol. The van der Waals surface area contributed by atoms with Crippen LogP contribution in [-0.4, -0.2) is 22.8 Å². The Labute approximate surface area is 102 Å². The zero-order valence-electron chi connectivity index (χ0n) is 9.53. The van der Waals surface area contributed by atoms with Crippen molar-refractivity contribution in [3.63, 3.8) is 0 Å². The largest absolute Gasteiger partial charge is 0.368 e. The standard InChI is InChI=1S/C12H12F2N2O2/c13-8-3-7(4-9(14)5-8)6-16-10(12(15)18)1-2-11(16)17/h3-5,10H,1-2,6H2,(H2,15,18). The van der Waals surface area contributed by atoms with E-state index in [0.717, 1.165) is 18.2 Å². The Balaban J connectivity index is 2.21. The molecule has 0 bridgehead atoms. The molecule has 1 heterocycles. The van der Waals surface area contributed by atoms with E-state index in [9.17, 15) is 18.4 Å². The van der Waals surface area contributed by atoms with E-state index in [4.69, 9.17) is 5.73 Å². The first-order valence-corrected chi connectivity index (χ1v) is 5.51. The molecule has 1 aromatic carbocycles. The van der Waals surface area contributed by atoms with E-state index in [1.165, 1.54) is 4.90 Å². The minimum absolute atomic E-state index is 0.0128. The highest BCUT2D eigenvalue weighted by molar-refractivity contribution is 5.89. The summed E-state index contributed by atoms with van der Waals surface area (Å²) < 4.78 is 26.0. The zero-order valence-corrected chi connectivity index (χ0v) is 9.53. The van der Waals surface area contributed by atoms with Crippen LogP contribution >= 0.6 is 0 Å². The number of carbonyl (C=O) groups excluding carboxylic acids is 2. The molecule has 1 aromatic rings. The number of rotatable bonds is 3. The quantitative estimate of drug-likeness (QED) is 0.872. The Kier molecular flexibility index (Phi) is 3.27. The summed E-state index contributed by atoms with van der Waals surface area (Å²) in [7, 11) is 0. The van der Waals surface area contributed by atoms with E-state index in [-0.39, 0.29) is 18.9 Å². The molecule has 2 N–H and O–H groups in total. The number of halogens is 2. The number of likely N-dealkylation sites (tertiary alicyclic amines) is 1. The van der Waals surface area contributed by atoms with Crippen LogP contribution in [0.25, 0.3) is 0 Å². The van der Waals surface area contributed by atoms with Crippen molar-refractivity contribution >= 4 is 11.8 Å². The summed E-state index contributed by atoms with van der Waals surface area (Å²) in [4.78, 5) is 24.0. The maximum Gasteiger partial charge on any atom is 0.240 e. The van der Waals surface area contributed by atoms with E-state index < -0.39 is 23.6 Å². The molecule has 1 unspecified atom stereocenters. The van der Waals surface area contributed by atoms with Crippen LogP contribution in [0.3, 0.4) is 0 Å². The Morgan fingerprint density at radius 3 is 2.50 bits per heavy atom. The minimum Gasteiger partial charge on any atom is -0.368 e. The predicted octanol–water partition coefficient (Wildman–Crippen LogP) is 0.941. The zero-order chi connectivity index (χ0) is 13.3. The van der Waals surface area contributed by atoms with Gasteiger partial charge in [-0.05, 0) is 24.1 Å². The molecule has 0 saturated carbocycles. The fourth-order valence-electron chi connectivity index (χ4n) is 2.13. The van der Waals surface area contributed by atoms with Gasteiger partial charge in [0.25, 0.3) is 0 Å². The number of nitrogens with two attached hydrogens (primary N) is 1. The molecule has 1 aliphatic heterocycles. The predicted molar refractivity (Wildman–Crippen MR) is 59.1 cm³/mol. The SMILES string of the molecule is NC(=O)C1CCC(=O)N1Cc1cc(F)cc(F)c1. The Morgan fingerprint density at radius 2 is 1.94 bits per heavy atom. The Bertz CT molecular complexity index is 485. The molecule has 4 nitrogen and oxygen atoms in total. The minimum atomic E-state index is -0.715. The van der Waals surface area contributed by atoms with Gasteiger partial charge >= 0.3 is 0 Å². The smallest absolute Gasteiger partial charge is 0.240 e. The van der Waals surface area contributed by atoms with E-state index in [0.29, 0.717) is 12.0 Å². The van der Waals surface area contributed by atoms with Crippen molar-refractivity contribution in [3.05, 3.63) is 35.4 Å². The number of amides is 2. The summed E-state index contributed by atoms with van der Waals surface area (Å²) in [6.07, 6.45) is 0.581. The van der Waals surface area contributed by atoms with Crippen LogP contribution in [0, 0.1) is 11.6 Å². The number of carbonyl (C=O) groups is 2. The van der Waals surface area contributed by atoms with E-state index >= 15 is 0 Å². The van der Waals surface area contributed by atoms with Gasteiger partial charge in [0.1, 0.15) is 17.7 Å². The number of benzene rings is 1. The van der Waals surface area contributed by atoms with Gasteiger partial charge in [-0.3, -0.25) is 9.59 Å². The second-order valence-electron chi connectivity index (χ2n) is 4.26. The molecule has 0 aliphatic carbocycles. The van der Waals surface area contributed by atoms with Crippen LogP contribution in [0.5, 0.6) is 0 Å². The third-order valence-corrected chi connectivity index (χ3v) is 2.93. The highest BCUT2D eigenvalue weighted by Crippen LogP contribution is 2.21. The summed E-state index contributed by atoms with van der Waals surface area (Å²) in [5, 5.41) is 0. The van der Waals surface area contributed by atoms with Gasteiger partial charge < -0.3 is 10.6 Å². The van der Waals surface area contributed by atoms with Gasteiger partial charge in [0, 0.05) is 19.0 Å². The normalized spacial score (nSPS) is 19.3. The lowest BCUT2D eigenvalue weighted by Gasteiger charge is -2.22. The number of nitrogens with zero attached hydrogens (tertiary/aromatic N) is 1. The lowest BCUT2D eigenvalue weighted by Crippen LogP contribution is -2.41. The number of hydrogen-bond donors (Lipinski definition) is 1. The van der Waals surface area contributed by atoms with Gasteiger partial charge in [-0.2, -0.15) is 0 Å². The van der Waals surface area contributed by atoms with Crippen molar-refractivity contribution in [2.45, 2.75) is 25.4 Å². The third-order valence-electron chi connectivity index (χ3n) is 2.93. The van der Waals surface area contributed by atoms with Crippen LogP contribution in [0.4, 0.5) is 8.78 Å². The van der Waals surface area contributed by atoms with Crippen LogP contribution in [0.2, 0.25) is 0 Å². The van der Waals surface area contributed by atoms with Crippen molar-refractivity contribution in [1.82, 2.24) is 4.90 Å². The molecule has 1 fully saturated rings. The molecule has 2 amide bonds. The van der Waals surface area contributed by atoms with E-state index in [1.54, 1.807) is 0 Å². The fraction of sp³-hybridized carbons (Fsp3) is 0.333. The molecule has 0 spiro atoms. The second kappa shape index (κ2) is 4.72.